The molecule has 108 valence electrons. The smallest absolute Gasteiger partial charge is 0.303 e. The fourth-order valence-electron chi connectivity index (χ4n) is 2.88. The highest BCUT2D eigenvalue weighted by Crippen LogP contribution is 2.25. The summed E-state index contributed by atoms with van der Waals surface area (Å²) in [4.78, 5) is 24.8. The Balaban J connectivity index is 1.89. The first-order chi connectivity index (χ1) is 9.01. The van der Waals surface area contributed by atoms with Crippen molar-refractivity contribution in [3.8, 4) is 0 Å². The van der Waals surface area contributed by atoms with Crippen LogP contribution in [0, 0.1) is 5.92 Å². The van der Waals surface area contributed by atoms with Gasteiger partial charge in [0, 0.05) is 26.1 Å². The number of aliphatic carboxylic acids is 1. The topological polar surface area (TPSA) is 92.9 Å². The summed E-state index contributed by atoms with van der Waals surface area (Å²) in [5, 5.41) is 8.72. The molecule has 2 fully saturated rings. The van der Waals surface area contributed by atoms with Crippen LogP contribution in [0.4, 0.5) is 0 Å². The van der Waals surface area contributed by atoms with Crippen molar-refractivity contribution in [3.63, 3.8) is 0 Å². The van der Waals surface area contributed by atoms with E-state index in [0.29, 0.717) is 32.6 Å². The third-order valence-electron chi connectivity index (χ3n) is 4.05. The fraction of sp³-hybridized carbons (Fsp3) is 0.846. The van der Waals surface area contributed by atoms with Gasteiger partial charge in [-0.15, -0.1) is 0 Å². The molecular formula is C13H22N2O4. The summed E-state index contributed by atoms with van der Waals surface area (Å²) in [6.45, 7) is 2.19. The number of carboxylic acid groups (broad SMARTS) is 1. The zero-order valence-electron chi connectivity index (χ0n) is 11.1. The second-order valence-corrected chi connectivity index (χ2v) is 5.65. The van der Waals surface area contributed by atoms with E-state index in [0.717, 1.165) is 19.4 Å². The van der Waals surface area contributed by atoms with Crippen molar-refractivity contribution in [3.05, 3.63) is 0 Å². The third kappa shape index (κ3) is 3.45. The molecule has 0 saturated carbocycles. The van der Waals surface area contributed by atoms with Crippen LogP contribution in [0.1, 0.15) is 32.1 Å². The molecule has 6 heteroatoms. The molecular weight excluding hydrogens is 248 g/mol. The minimum absolute atomic E-state index is 0.0370. The number of carboxylic acids is 1. The van der Waals surface area contributed by atoms with Gasteiger partial charge in [-0.3, -0.25) is 9.59 Å². The first kappa shape index (κ1) is 14.3. The number of carbonyl (C=O) groups is 2. The molecule has 0 spiro atoms. The molecule has 3 N–H and O–H groups in total. The van der Waals surface area contributed by atoms with Gasteiger partial charge in [-0.1, -0.05) is 0 Å². The number of piperidine rings is 1. The standard InChI is InChI=1S/C13H22N2O4/c14-13(5-7-19-9-13)12(18)15-6-1-2-10(8-15)3-4-11(16)17/h10H,1-9,14H2,(H,16,17). The van der Waals surface area contributed by atoms with E-state index in [2.05, 4.69) is 0 Å². The first-order valence-electron chi connectivity index (χ1n) is 6.89. The maximum Gasteiger partial charge on any atom is 0.303 e. The minimum Gasteiger partial charge on any atom is -0.481 e. The molecule has 0 aromatic carbocycles. The van der Waals surface area contributed by atoms with Gasteiger partial charge in [0.25, 0.3) is 0 Å². The highest BCUT2D eigenvalue weighted by molar-refractivity contribution is 5.86. The van der Waals surface area contributed by atoms with Crippen molar-refractivity contribution in [2.75, 3.05) is 26.3 Å². The van der Waals surface area contributed by atoms with Crippen LogP contribution < -0.4 is 5.73 Å². The van der Waals surface area contributed by atoms with Crippen molar-refractivity contribution in [1.82, 2.24) is 4.90 Å². The van der Waals surface area contributed by atoms with E-state index >= 15 is 0 Å². The molecule has 2 rings (SSSR count). The van der Waals surface area contributed by atoms with Gasteiger partial charge in [-0.25, -0.2) is 0 Å². The number of nitrogens with two attached hydrogens (primary N) is 1. The van der Waals surface area contributed by atoms with E-state index in [9.17, 15) is 9.59 Å². The molecule has 6 nitrogen and oxygen atoms in total. The zero-order chi connectivity index (χ0) is 13.9. The van der Waals surface area contributed by atoms with Crippen molar-refractivity contribution >= 4 is 11.9 Å². The maximum absolute atomic E-state index is 12.4. The van der Waals surface area contributed by atoms with Gasteiger partial charge in [-0.05, 0) is 31.6 Å². The Labute approximate surface area is 112 Å². The molecule has 2 atom stereocenters. The predicted molar refractivity (Wildman–Crippen MR) is 68.5 cm³/mol. The Bertz CT molecular complexity index is 353. The molecule has 0 radical (unpaired) electrons. The lowest BCUT2D eigenvalue weighted by atomic mass is 9.91. The van der Waals surface area contributed by atoms with Crippen molar-refractivity contribution in [2.24, 2.45) is 11.7 Å². The van der Waals surface area contributed by atoms with E-state index < -0.39 is 11.5 Å². The van der Waals surface area contributed by atoms with Crippen LogP contribution in [0.15, 0.2) is 0 Å². The van der Waals surface area contributed by atoms with Crippen LogP contribution in [0.5, 0.6) is 0 Å². The fourth-order valence-corrected chi connectivity index (χ4v) is 2.88. The lowest BCUT2D eigenvalue weighted by Crippen LogP contribution is -2.57. The maximum atomic E-state index is 12.4. The molecule has 2 saturated heterocycles. The molecule has 2 unspecified atom stereocenters. The SMILES string of the molecule is NC1(C(=O)N2CCCC(CCC(=O)O)C2)CCOC1. The monoisotopic (exact) mass is 270 g/mol. The molecule has 0 aromatic rings. The van der Waals surface area contributed by atoms with Gasteiger partial charge in [0.2, 0.25) is 5.91 Å². The summed E-state index contributed by atoms with van der Waals surface area (Å²) in [6.07, 6.45) is 3.29. The second-order valence-electron chi connectivity index (χ2n) is 5.65. The third-order valence-corrected chi connectivity index (χ3v) is 4.05. The molecule has 0 bridgehead atoms. The Morgan fingerprint density at radius 1 is 1.47 bits per heavy atom. The quantitative estimate of drug-likeness (QED) is 0.761. The van der Waals surface area contributed by atoms with Gasteiger partial charge in [-0.2, -0.15) is 0 Å². The highest BCUT2D eigenvalue weighted by Gasteiger charge is 2.42. The summed E-state index contributed by atoms with van der Waals surface area (Å²) in [5.74, 6) is -0.535. The van der Waals surface area contributed by atoms with Crippen LogP contribution in [0.25, 0.3) is 0 Å². The Hall–Kier alpha value is -1.14. The lowest BCUT2D eigenvalue weighted by molar-refractivity contribution is -0.139. The number of ether oxygens (including phenoxy) is 1. The number of amides is 1. The lowest BCUT2D eigenvalue weighted by Gasteiger charge is -2.36. The Morgan fingerprint density at radius 2 is 2.26 bits per heavy atom. The van der Waals surface area contributed by atoms with Crippen LogP contribution in [0.2, 0.25) is 0 Å². The number of hydrogen-bond donors (Lipinski definition) is 2. The van der Waals surface area contributed by atoms with Crippen molar-refractivity contribution < 1.29 is 19.4 Å². The molecule has 2 aliphatic rings. The number of rotatable bonds is 4. The van der Waals surface area contributed by atoms with Crippen LogP contribution in [0.3, 0.4) is 0 Å². The van der Waals surface area contributed by atoms with Crippen LogP contribution in [-0.2, 0) is 14.3 Å². The minimum atomic E-state index is -0.866. The average molecular weight is 270 g/mol. The second kappa shape index (κ2) is 5.88. The van der Waals surface area contributed by atoms with Crippen LogP contribution in [-0.4, -0.2) is 53.7 Å². The van der Waals surface area contributed by atoms with Gasteiger partial charge in [0.1, 0.15) is 5.54 Å². The van der Waals surface area contributed by atoms with E-state index in [1.165, 1.54) is 0 Å². The number of likely N-dealkylation sites (tertiary alicyclic amines) is 1. The molecule has 1 amide bonds. The number of nitrogens with zero attached hydrogens (tertiary/aromatic N) is 1. The first-order valence-corrected chi connectivity index (χ1v) is 6.89. The summed E-state index contributed by atoms with van der Waals surface area (Å²) in [7, 11) is 0. The van der Waals surface area contributed by atoms with Crippen molar-refractivity contribution in [1.29, 1.82) is 0 Å². The summed E-state index contributed by atoms with van der Waals surface area (Å²) in [6, 6.07) is 0. The molecule has 2 aliphatic heterocycles. The van der Waals surface area contributed by atoms with E-state index in [4.69, 9.17) is 15.6 Å². The van der Waals surface area contributed by atoms with Crippen molar-refractivity contribution in [2.45, 2.75) is 37.6 Å². The van der Waals surface area contributed by atoms with Crippen LogP contribution >= 0.6 is 0 Å². The van der Waals surface area contributed by atoms with E-state index in [-0.39, 0.29) is 18.2 Å². The van der Waals surface area contributed by atoms with E-state index in [1.807, 2.05) is 0 Å². The van der Waals surface area contributed by atoms with Gasteiger partial charge >= 0.3 is 5.97 Å². The Morgan fingerprint density at radius 3 is 2.89 bits per heavy atom. The van der Waals surface area contributed by atoms with E-state index in [1.54, 1.807) is 4.90 Å². The van der Waals surface area contributed by atoms with Gasteiger partial charge < -0.3 is 20.5 Å². The molecule has 0 aliphatic carbocycles. The molecule has 0 aromatic heterocycles. The normalized spacial score (nSPS) is 31.4. The highest BCUT2D eigenvalue weighted by atomic mass is 16.5. The Kier molecular flexibility index (Phi) is 4.42. The zero-order valence-corrected chi connectivity index (χ0v) is 11.1. The summed E-state index contributed by atoms with van der Waals surface area (Å²) >= 11 is 0. The predicted octanol–water partition coefficient (Wildman–Crippen LogP) is 0.208. The van der Waals surface area contributed by atoms with Gasteiger partial charge in [0.15, 0.2) is 0 Å². The number of hydrogen-bond acceptors (Lipinski definition) is 4. The molecule has 19 heavy (non-hydrogen) atoms. The summed E-state index contributed by atoms with van der Waals surface area (Å²) in [5.41, 5.74) is 5.22. The average Bonchev–Trinajstić information content (AvgIpc) is 2.84. The molecule has 2 heterocycles. The summed E-state index contributed by atoms with van der Waals surface area (Å²) < 4.78 is 5.23. The largest absolute Gasteiger partial charge is 0.481 e. The number of carbonyl (C=O) groups excluding carboxylic acids is 1. The van der Waals surface area contributed by atoms with Gasteiger partial charge in [0.05, 0.1) is 6.61 Å².